The summed E-state index contributed by atoms with van der Waals surface area (Å²) in [6.07, 6.45) is 3.58. The summed E-state index contributed by atoms with van der Waals surface area (Å²) in [4.78, 5) is 5.19. The van der Waals surface area contributed by atoms with Crippen molar-refractivity contribution in [3.63, 3.8) is 0 Å². The van der Waals surface area contributed by atoms with Crippen LogP contribution in [0.2, 0.25) is 0 Å². The van der Waals surface area contributed by atoms with Gasteiger partial charge in [-0.15, -0.1) is 0 Å². The Hall–Kier alpha value is -0.500. The quantitative estimate of drug-likeness (QED) is 0.602. The third kappa shape index (κ3) is 1.81. The van der Waals surface area contributed by atoms with Gasteiger partial charge in [0.25, 0.3) is 0 Å². The van der Waals surface area contributed by atoms with Crippen LogP contribution >= 0.6 is 0 Å². The van der Waals surface area contributed by atoms with Gasteiger partial charge in [0, 0.05) is 12.7 Å². The summed E-state index contributed by atoms with van der Waals surface area (Å²) in [5.74, 6) is 0.799. The number of hydrogen-bond donors (Lipinski definition) is 0. The molecule has 0 heterocycles. The third-order valence-electron chi connectivity index (χ3n) is 2.63. The van der Waals surface area contributed by atoms with Gasteiger partial charge in [0.15, 0.2) is 0 Å². The second kappa shape index (κ2) is 3.94. The lowest BCUT2D eigenvalue weighted by Crippen LogP contribution is -2.16. The van der Waals surface area contributed by atoms with Crippen molar-refractivity contribution in [2.24, 2.45) is 5.92 Å². The zero-order chi connectivity index (χ0) is 9.14. The van der Waals surface area contributed by atoms with Crippen molar-refractivity contribution in [1.29, 1.82) is 0 Å². The Morgan fingerprint density at radius 2 is 2.17 bits per heavy atom. The van der Waals surface area contributed by atoms with E-state index in [4.69, 9.17) is 4.84 Å². The van der Waals surface area contributed by atoms with E-state index < -0.39 is 0 Å². The van der Waals surface area contributed by atoms with Crippen LogP contribution in [0.5, 0.6) is 0 Å². The minimum absolute atomic E-state index is 0.799. The maximum atomic E-state index is 5.19. The Labute approximate surface area is 75.2 Å². The molecular weight excluding hydrogens is 150 g/mol. The Morgan fingerprint density at radius 3 is 2.67 bits per heavy atom. The van der Waals surface area contributed by atoms with Crippen LogP contribution in [0.25, 0.3) is 0 Å². The van der Waals surface area contributed by atoms with Crippen LogP contribution in [0.1, 0.15) is 33.1 Å². The Balaban J connectivity index is 2.70. The van der Waals surface area contributed by atoms with E-state index in [2.05, 4.69) is 13.8 Å². The number of hydroxylamine groups is 2. The molecule has 1 rings (SSSR count). The molecule has 12 heavy (non-hydrogen) atoms. The van der Waals surface area contributed by atoms with E-state index in [9.17, 15) is 0 Å². The van der Waals surface area contributed by atoms with Crippen molar-refractivity contribution < 1.29 is 4.84 Å². The standard InChI is InChI=1S/C10H19NO/c1-5-9-6-8(2)7-10(9)11(3)12-4/h8H,5-7H2,1-4H3. The van der Waals surface area contributed by atoms with Gasteiger partial charge in [-0.2, -0.15) is 0 Å². The predicted octanol–water partition coefficient (Wildman–Crippen LogP) is 2.57. The molecule has 0 N–H and O–H groups in total. The monoisotopic (exact) mass is 169 g/mol. The average molecular weight is 169 g/mol. The summed E-state index contributed by atoms with van der Waals surface area (Å²) in [5, 5.41) is 1.91. The Bertz CT molecular complexity index is 186. The molecule has 0 aromatic heterocycles. The first-order valence-corrected chi connectivity index (χ1v) is 4.67. The Kier molecular flexibility index (Phi) is 3.15. The maximum absolute atomic E-state index is 5.19. The lowest BCUT2D eigenvalue weighted by atomic mass is 10.1. The summed E-state index contributed by atoms with van der Waals surface area (Å²) in [7, 11) is 3.71. The molecule has 0 aromatic carbocycles. The van der Waals surface area contributed by atoms with Gasteiger partial charge in [-0.05, 0) is 30.8 Å². The summed E-state index contributed by atoms with van der Waals surface area (Å²) in [6.45, 7) is 4.52. The highest BCUT2D eigenvalue weighted by Crippen LogP contribution is 2.34. The molecule has 0 bridgehead atoms. The van der Waals surface area contributed by atoms with E-state index in [-0.39, 0.29) is 0 Å². The smallest absolute Gasteiger partial charge is 0.0638 e. The van der Waals surface area contributed by atoms with E-state index >= 15 is 0 Å². The van der Waals surface area contributed by atoms with Crippen molar-refractivity contribution >= 4 is 0 Å². The molecule has 0 amide bonds. The first kappa shape index (κ1) is 9.59. The van der Waals surface area contributed by atoms with E-state index in [0.29, 0.717) is 0 Å². The fraction of sp³-hybridized carbons (Fsp3) is 0.800. The molecule has 2 nitrogen and oxygen atoms in total. The van der Waals surface area contributed by atoms with Crippen LogP contribution < -0.4 is 0 Å². The van der Waals surface area contributed by atoms with Crippen molar-refractivity contribution in [2.75, 3.05) is 14.2 Å². The second-order valence-corrected chi connectivity index (χ2v) is 3.60. The largest absolute Gasteiger partial charge is 0.277 e. The third-order valence-corrected chi connectivity index (χ3v) is 2.63. The van der Waals surface area contributed by atoms with Crippen molar-refractivity contribution in [1.82, 2.24) is 5.06 Å². The second-order valence-electron chi connectivity index (χ2n) is 3.60. The number of rotatable bonds is 3. The molecule has 0 saturated carbocycles. The number of allylic oxidation sites excluding steroid dienone is 2. The Morgan fingerprint density at radius 1 is 1.50 bits per heavy atom. The molecule has 1 unspecified atom stereocenters. The normalized spacial score (nSPS) is 23.5. The molecule has 70 valence electrons. The highest BCUT2D eigenvalue weighted by molar-refractivity contribution is 5.18. The predicted molar refractivity (Wildman–Crippen MR) is 50.5 cm³/mol. The van der Waals surface area contributed by atoms with Crippen LogP contribution in [0, 0.1) is 5.92 Å². The summed E-state index contributed by atoms with van der Waals surface area (Å²) in [6, 6.07) is 0. The fourth-order valence-corrected chi connectivity index (χ4v) is 1.89. The van der Waals surface area contributed by atoms with E-state index in [0.717, 1.165) is 12.3 Å². The van der Waals surface area contributed by atoms with Crippen molar-refractivity contribution in [2.45, 2.75) is 33.1 Å². The highest BCUT2D eigenvalue weighted by atomic mass is 16.7. The van der Waals surface area contributed by atoms with Crippen LogP contribution in [-0.4, -0.2) is 19.2 Å². The summed E-state index contributed by atoms with van der Waals surface area (Å²) < 4.78 is 0. The zero-order valence-electron chi connectivity index (χ0n) is 8.55. The fourth-order valence-electron chi connectivity index (χ4n) is 1.89. The topological polar surface area (TPSA) is 12.5 Å². The molecule has 2 heteroatoms. The van der Waals surface area contributed by atoms with Gasteiger partial charge in [-0.25, -0.2) is 0 Å². The van der Waals surface area contributed by atoms with Gasteiger partial charge in [-0.1, -0.05) is 13.8 Å². The minimum Gasteiger partial charge on any atom is -0.277 e. The van der Waals surface area contributed by atoms with Gasteiger partial charge < -0.3 is 0 Å². The van der Waals surface area contributed by atoms with Crippen LogP contribution in [-0.2, 0) is 4.84 Å². The maximum Gasteiger partial charge on any atom is 0.0638 e. The summed E-state index contributed by atoms with van der Waals surface area (Å²) >= 11 is 0. The van der Waals surface area contributed by atoms with Gasteiger partial charge in [0.2, 0.25) is 0 Å². The first-order valence-electron chi connectivity index (χ1n) is 4.67. The molecule has 0 spiro atoms. The van der Waals surface area contributed by atoms with Crippen LogP contribution in [0.15, 0.2) is 11.3 Å². The van der Waals surface area contributed by atoms with Crippen LogP contribution in [0.4, 0.5) is 0 Å². The number of hydrogen-bond acceptors (Lipinski definition) is 2. The molecule has 0 saturated heterocycles. The molecule has 1 aliphatic rings. The first-order chi connectivity index (χ1) is 5.69. The number of nitrogens with zero attached hydrogens (tertiary/aromatic N) is 1. The molecule has 1 aliphatic carbocycles. The van der Waals surface area contributed by atoms with E-state index in [1.807, 2.05) is 12.1 Å². The molecule has 0 fully saturated rings. The molecule has 0 aromatic rings. The summed E-state index contributed by atoms with van der Waals surface area (Å²) in [5.41, 5.74) is 2.96. The molecule has 1 atom stereocenters. The van der Waals surface area contributed by atoms with Gasteiger partial charge in [-0.3, -0.25) is 9.90 Å². The lowest BCUT2D eigenvalue weighted by Gasteiger charge is -2.19. The van der Waals surface area contributed by atoms with Crippen molar-refractivity contribution in [3.8, 4) is 0 Å². The van der Waals surface area contributed by atoms with Gasteiger partial charge in [0.05, 0.1) is 7.11 Å². The van der Waals surface area contributed by atoms with Gasteiger partial charge in [0.1, 0.15) is 0 Å². The minimum atomic E-state index is 0.799. The molecular formula is C10H19NO. The van der Waals surface area contributed by atoms with E-state index in [1.165, 1.54) is 18.5 Å². The lowest BCUT2D eigenvalue weighted by molar-refractivity contribution is -0.0804. The highest BCUT2D eigenvalue weighted by Gasteiger charge is 2.22. The molecule has 0 radical (unpaired) electrons. The molecule has 0 aliphatic heterocycles. The van der Waals surface area contributed by atoms with Crippen LogP contribution in [0.3, 0.4) is 0 Å². The van der Waals surface area contributed by atoms with Gasteiger partial charge >= 0.3 is 0 Å². The average Bonchev–Trinajstić information content (AvgIpc) is 2.45. The zero-order valence-corrected chi connectivity index (χ0v) is 8.55. The SMILES string of the molecule is CCC1=C(N(C)OC)CC(C)C1. The van der Waals surface area contributed by atoms with E-state index in [1.54, 1.807) is 12.7 Å². The van der Waals surface area contributed by atoms with Crippen molar-refractivity contribution in [3.05, 3.63) is 11.3 Å².